The van der Waals surface area contributed by atoms with Gasteiger partial charge in [-0.05, 0) is 18.9 Å². The van der Waals surface area contributed by atoms with E-state index in [1.54, 1.807) is 7.11 Å². The van der Waals surface area contributed by atoms with Crippen LogP contribution in [0, 0.1) is 0 Å². The molecule has 0 saturated carbocycles. The van der Waals surface area contributed by atoms with Gasteiger partial charge in [0, 0.05) is 24.4 Å². The maximum atomic E-state index is 5.94. The number of fused-ring (bicyclic) bond motifs is 4. The van der Waals surface area contributed by atoms with Crippen LogP contribution in [0.5, 0.6) is 11.5 Å². The van der Waals surface area contributed by atoms with Crippen molar-refractivity contribution in [2.45, 2.75) is 24.8 Å². The molecule has 0 bridgehead atoms. The number of rotatable bonds is 1. The molecule has 1 aromatic carbocycles. The summed E-state index contributed by atoms with van der Waals surface area (Å²) in [5, 5.41) is 0. The fourth-order valence-electron chi connectivity index (χ4n) is 3.42. The van der Waals surface area contributed by atoms with Gasteiger partial charge in [0.05, 0.1) is 24.5 Å². The van der Waals surface area contributed by atoms with Crippen molar-refractivity contribution < 1.29 is 9.47 Å². The van der Waals surface area contributed by atoms with Crippen molar-refractivity contribution in [1.82, 2.24) is 9.55 Å². The van der Waals surface area contributed by atoms with Crippen LogP contribution < -0.4 is 9.47 Å². The van der Waals surface area contributed by atoms with Crippen molar-refractivity contribution in [3.8, 4) is 11.5 Å². The molecule has 0 amide bonds. The van der Waals surface area contributed by atoms with Crippen LogP contribution in [-0.2, 0) is 12.0 Å². The van der Waals surface area contributed by atoms with E-state index in [2.05, 4.69) is 15.6 Å². The Morgan fingerprint density at radius 3 is 3.26 bits per heavy atom. The number of methoxy groups -OCH3 is 1. The summed E-state index contributed by atoms with van der Waals surface area (Å²) in [6.45, 7) is 1.77. The molecule has 0 saturated heterocycles. The average Bonchev–Trinajstić information content (AvgIpc) is 3.05. The van der Waals surface area contributed by atoms with Gasteiger partial charge >= 0.3 is 0 Å². The zero-order chi connectivity index (χ0) is 12.9. The molecule has 4 rings (SSSR count). The molecule has 2 aliphatic rings. The van der Waals surface area contributed by atoms with Gasteiger partial charge in [0.25, 0.3) is 0 Å². The van der Waals surface area contributed by atoms with E-state index in [0.29, 0.717) is 6.61 Å². The standard InChI is InChI=1S/C15H16N2O2/c1-18-11-3-4-12-13(7-11)19-9-15(12)5-2-6-17-10-16-8-14(15)17/h3-4,7-8,10H,2,5-6,9H2,1H3. The molecule has 0 aliphatic carbocycles. The largest absolute Gasteiger partial charge is 0.497 e. The van der Waals surface area contributed by atoms with Gasteiger partial charge in [-0.2, -0.15) is 0 Å². The minimum absolute atomic E-state index is 0.0175. The second kappa shape index (κ2) is 3.76. The Bertz CT molecular complexity index is 635. The van der Waals surface area contributed by atoms with Crippen molar-refractivity contribution in [2.75, 3.05) is 13.7 Å². The van der Waals surface area contributed by atoms with Crippen LogP contribution in [0.25, 0.3) is 0 Å². The molecule has 1 aromatic heterocycles. The molecule has 98 valence electrons. The summed E-state index contributed by atoms with van der Waals surface area (Å²) in [5.74, 6) is 1.80. The number of hydrogen-bond donors (Lipinski definition) is 0. The van der Waals surface area contributed by atoms with Crippen molar-refractivity contribution in [3.63, 3.8) is 0 Å². The molecule has 3 heterocycles. The predicted molar refractivity (Wildman–Crippen MR) is 70.7 cm³/mol. The van der Waals surface area contributed by atoms with E-state index in [-0.39, 0.29) is 5.41 Å². The molecule has 0 fully saturated rings. The zero-order valence-electron chi connectivity index (χ0n) is 10.9. The van der Waals surface area contributed by atoms with Crippen LogP contribution in [-0.4, -0.2) is 23.3 Å². The number of aromatic nitrogens is 2. The molecule has 4 heteroatoms. The summed E-state index contributed by atoms with van der Waals surface area (Å²) in [7, 11) is 1.68. The number of ether oxygens (including phenoxy) is 2. The van der Waals surface area contributed by atoms with E-state index in [4.69, 9.17) is 9.47 Å². The van der Waals surface area contributed by atoms with Gasteiger partial charge in [-0.1, -0.05) is 6.07 Å². The quantitative estimate of drug-likeness (QED) is 0.786. The molecule has 0 N–H and O–H groups in total. The fourth-order valence-corrected chi connectivity index (χ4v) is 3.42. The molecule has 1 unspecified atom stereocenters. The Balaban J connectivity index is 1.89. The topological polar surface area (TPSA) is 36.3 Å². The third-order valence-electron chi connectivity index (χ3n) is 4.38. The molecule has 19 heavy (non-hydrogen) atoms. The van der Waals surface area contributed by atoms with E-state index in [0.717, 1.165) is 30.9 Å². The molecule has 2 aromatic rings. The monoisotopic (exact) mass is 256 g/mol. The van der Waals surface area contributed by atoms with E-state index in [1.165, 1.54) is 11.3 Å². The summed E-state index contributed by atoms with van der Waals surface area (Å²) in [5.41, 5.74) is 2.54. The fraction of sp³-hybridized carbons (Fsp3) is 0.400. The highest BCUT2D eigenvalue weighted by molar-refractivity contribution is 5.52. The van der Waals surface area contributed by atoms with E-state index in [9.17, 15) is 0 Å². The summed E-state index contributed by atoms with van der Waals surface area (Å²) in [6, 6.07) is 6.15. The Morgan fingerprint density at radius 2 is 2.37 bits per heavy atom. The van der Waals surface area contributed by atoms with Gasteiger partial charge in [0.1, 0.15) is 18.1 Å². The normalized spacial score (nSPS) is 23.8. The first-order valence-corrected chi connectivity index (χ1v) is 6.65. The van der Waals surface area contributed by atoms with Crippen molar-refractivity contribution >= 4 is 0 Å². The second-order valence-electron chi connectivity index (χ2n) is 5.31. The minimum atomic E-state index is -0.0175. The van der Waals surface area contributed by atoms with Crippen LogP contribution in [0.1, 0.15) is 24.1 Å². The van der Waals surface area contributed by atoms with Gasteiger partial charge < -0.3 is 14.0 Å². The molecule has 1 atom stereocenters. The van der Waals surface area contributed by atoms with Crippen LogP contribution in [0.4, 0.5) is 0 Å². The van der Waals surface area contributed by atoms with E-state index in [1.807, 2.05) is 24.7 Å². The first kappa shape index (κ1) is 10.9. The molecular formula is C15H16N2O2. The lowest BCUT2D eigenvalue weighted by Gasteiger charge is -2.33. The summed E-state index contributed by atoms with van der Waals surface area (Å²) in [6.07, 6.45) is 6.20. The minimum Gasteiger partial charge on any atom is -0.497 e. The van der Waals surface area contributed by atoms with Crippen LogP contribution in [0.15, 0.2) is 30.7 Å². The number of aryl methyl sites for hydroxylation is 1. The Kier molecular flexibility index (Phi) is 2.16. The van der Waals surface area contributed by atoms with E-state index < -0.39 is 0 Å². The molecule has 0 radical (unpaired) electrons. The third-order valence-corrected chi connectivity index (χ3v) is 4.38. The highest BCUT2D eigenvalue weighted by atomic mass is 16.5. The van der Waals surface area contributed by atoms with Crippen LogP contribution in [0.3, 0.4) is 0 Å². The summed E-state index contributed by atoms with van der Waals surface area (Å²) >= 11 is 0. The maximum Gasteiger partial charge on any atom is 0.127 e. The molecule has 4 nitrogen and oxygen atoms in total. The molecular weight excluding hydrogens is 240 g/mol. The van der Waals surface area contributed by atoms with Gasteiger partial charge in [-0.15, -0.1) is 0 Å². The lowest BCUT2D eigenvalue weighted by molar-refractivity contribution is 0.253. The van der Waals surface area contributed by atoms with Crippen LogP contribution >= 0.6 is 0 Å². The predicted octanol–water partition coefficient (Wildman–Crippen LogP) is 2.36. The SMILES string of the molecule is COc1ccc2c(c1)OCC21CCCn2cncc21. The molecule has 1 spiro atoms. The van der Waals surface area contributed by atoms with E-state index >= 15 is 0 Å². The first-order valence-electron chi connectivity index (χ1n) is 6.65. The number of nitrogens with zero attached hydrogens (tertiary/aromatic N) is 2. The highest BCUT2D eigenvalue weighted by Crippen LogP contribution is 2.49. The lowest BCUT2D eigenvalue weighted by atomic mass is 9.74. The average molecular weight is 256 g/mol. The highest BCUT2D eigenvalue weighted by Gasteiger charge is 2.45. The smallest absolute Gasteiger partial charge is 0.127 e. The number of benzene rings is 1. The maximum absolute atomic E-state index is 5.94. The lowest BCUT2D eigenvalue weighted by Crippen LogP contribution is -2.35. The number of hydrogen-bond acceptors (Lipinski definition) is 3. The van der Waals surface area contributed by atoms with Gasteiger partial charge in [0.15, 0.2) is 0 Å². The Morgan fingerprint density at radius 1 is 1.42 bits per heavy atom. The van der Waals surface area contributed by atoms with Crippen molar-refractivity contribution in [3.05, 3.63) is 42.0 Å². The van der Waals surface area contributed by atoms with Gasteiger partial charge in [0.2, 0.25) is 0 Å². The van der Waals surface area contributed by atoms with Crippen molar-refractivity contribution in [2.24, 2.45) is 0 Å². The summed E-state index contributed by atoms with van der Waals surface area (Å²) < 4.78 is 13.5. The van der Waals surface area contributed by atoms with Crippen molar-refractivity contribution in [1.29, 1.82) is 0 Å². The number of imidazole rings is 1. The zero-order valence-corrected chi connectivity index (χ0v) is 10.9. The van der Waals surface area contributed by atoms with Gasteiger partial charge in [-0.3, -0.25) is 0 Å². The third kappa shape index (κ3) is 1.37. The first-order chi connectivity index (χ1) is 9.33. The van der Waals surface area contributed by atoms with Crippen LogP contribution in [0.2, 0.25) is 0 Å². The Hall–Kier alpha value is -1.97. The summed E-state index contributed by atoms with van der Waals surface area (Å²) in [4.78, 5) is 4.31. The second-order valence-corrected chi connectivity index (χ2v) is 5.31. The van der Waals surface area contributed by atoms with Gasteiger partial charge in [-0.25, -0.2) is 4.98 Å². The Labute approximate surface area is 112 Å². The molecule has 2 aliphatic heterocycles.